The molecule has 0 spiro atoms. The highest BCUT2D eigenvalue weighted by Gasteiger charge is 1.94. The lowest BCUT2D eigenvalue weighted by Crippen LogP contribution is -2.09. The second-order valence-electron chi connectivity index (χ2n) is 0.743. The molecule has 0 aromatic carbocycles. The van der Waals surface area contributed by atoms with Gasteiger partial charge in [0.25, 0.3) is 0 Å². The monoisotopic (exact) mass is 60.1 g/mol. The summed E-state index contributed by atoms with van der Waals surface area (Å²) in [6, 6.07) is 0. The largest absolute Gasteiger partial charge is 0.381 e. The molecular weight excluding hydrogens is 52.0 g/mol. The summed E-state index contributed by atoms with van der Waals surface area (Å²) in [5.41, 5.74) is 0. The van der Waals surface area contributed by atoms with Gasteiger partial charge in [-0.3, -0.25) is 0 Å². The fourth-order valence-corrected chi connectivity index (χ4v) is 0.102. The fourth-order valence-electron chi connectivity index (χ4n) is 0.102. The molecule has 1 fully saturated rings. The molecule has 0 saturated carbocycles. The highest BCUT2D eigenvalue weighted by atomic mass is 16.5. The number of ether oxygens (including phenoxy) is 1. The molecule has 1 aliphatic heterocycles. The van der Waals surface area contributed by atoms with Gasteiger partial charge in [0.1, 0.15) is 0 Å². The Kier molecular flexibility index (Phi) is 0.177. The Morgan fingerprint density at radius 2 is 2.50 bits per heavy atom. The maximum absolute atomic E-state index is 6.71. The Morgan fingerprint density at radius 3 is 2.50 bits per heavy atom. The van der Waals surface area contributed by atoms with Crippen LogP contribution in [0.15, 0.2) is 0 Å². The van der Waals surface area contributed by atoms with Gasteiger partial charge < -0.3 is 4.74 Å². The molecule has 0 aromatic heterocycles. The normalized spacial score (nSPS) is 44.0. The lowest BCUT2D eigenvalue weighted by Gasteiger charge is -2.09. The first kappa shape index (κ1) is 0.977. The van der Waals surface area contributed by atoms with E-state index >= 15 is 0 Å². The van der Waals surface area contributed by atoms with Crippen molar-refractivity contribution in [2.24, 2.45) is 0 Å². The van der Waals surface area contributed by atoms with Gasteiger partial charge in [0, 0.05) is 13.2 Å². The van der Waals surface area contributed by atoms with Crippen LogP contribution in [0.1, 0.15) is 9.16 Å². The van der Waals surface area contributed by atoms with Crippen molar-refractivity contribution >= 4 is 0 Å². The van der Waals surface area contributed by atoms with E-state index < -0.39 is 6.56 Å². The number of rotatable bonds is 0. The zero-order valence-electron chi connectivity index (χ0n) is 4.32. The van der Waals surface area contributed by atoms with Crippen LogP contribution in [-0.2, 0) is 4.74 Å². The van der Waals surface area contributed by atoms with Gasteiger partial charge in [-0.25, -0.2) is 0 Å². The van der Waals surface area contributed by atoms with Crippen LogP contribution in [0.2, 0.25) is 0 Å². The van der Waals surface area contributed by atoms with E-state index in [4.69, 9.17) is 2.74 Å². The molecule has 24 valence electrons. The second-order valence-corrected chi connectivity index (χ2v) is 0.743. The third kappa shape index (κ3) is 0.115. The van der Waals surface area contributed by atoms with Crippen molar-refractivity contribution in [3.8, 4) is 0 Å². The zero-order chi connectivity index (χ0) is 4.62. The first-order valence-corrected chi connectivity index (χ1v) is 1.35. The molecule has 1 nitrogen and oxygen atoms in total. The lowest BCUT2D eigenvalue weighted by molar-refractivity contribution is 0.0367. The minimum atomic E-state index is -1.28. The van der Waals surface area contributed by atoms with Gasteiger partial charge in [-0.2, -0.15) is 0 Å². The average molecular weight is 60.1 g/mol. The van der Waals surface area contributed by atoms with Gasteiger partial charge in [-0.05, 0) is 6.42 Å². The minimum Gasteiger partial charge on any atom is -0.381 e. The van der Waals surface area contributed by atoms with E-state index in [1.54, 1.807) is 0 Å². The van der Waals surface area contributed by atoms with Crippen LogP contribution >= 0.6 is 0 Å². The standard InChI is InChI=1S/C3H6O/c1-2-4-3-1/h1-3H2/i2D2. The van der Waals surface area contributed by atoms with Gasteiger partial charge in [-0.15, -0.1) is 0 Å². The smallest absolute Gasteiger partial charge is 0.0567 e. The van der Waals surface area contributed by atoms with Crippen LogP contribution in [0.5, 0.6) is 0 Å². The molecule has 0 bridgehead atoms. The van der Waals surface area contributed by atoms with Crippen LogP contribution in [0.3, 0.4) is 0 Å². The molecule has 0 aliphatic carbocycles. The highest BCUT2D eigenvalue weighted by molar-refractivity contribution is 4.41. The Bertz CT molecular complexity index is 55.8. The van der Waals surface area contributed by atoms with Crippen molar-refractivity contribution in [1.82, 2.24) is 0 Å². The minimum absolute atomic E-state index is 0.562. The molecule has 0 unspecified atom stereocenters. The van der Waals surface area contributed by atoms with Crippen LogP contribution in [-0.4, -0.2) is 13.2 Å². The van der Waals surface area contributed by atoms with E-state index in [1.165, 1.54) is 0 Å². The quantitative estimate of drug-likeness (QED) is 0.393. The molecule has 0 N–H and O–H groups in total. The first-order chi connectivity index (χ1) is 2.71. The average Bonchev–Trinajstić information content (AvgIpc) is 1.32. The van der Waals surface area contributed by atoms with E-state index in [1.807, 2.05) is 0 Å². The van der Waals surface area contributed by atoms with Gasteiger partial charge in [0.2, 0.25) is 0 Å². The zero-order valence-corrected chi connectivity index (χ0v) is 2.32. The molecule has 0 radical (unpaired) electrons. The summed E-state index contributed by atoms with van der Waals surface area (Å²) >= 11 is 0. The third-order valence-corrected chi connectivity index (χ3v) is 0.408. The van der Waals surface area contributed by atoms with Crippen molar-refractivity contribution in [2.75, 3.05) is 13.2 Å². The van der Waals surface area contributed by atoms with E-state index in [9.17, 15) is 0 Å². The third-order valence-electron chi connectivity index (χ3n) is 0.408. The van der Waals surface area contributed by atoms with Crippen LogP contribution in [0.4, 0.5) is 0 Å². The van der Waals surface area contributed by atoms with Gasteiger partial charge in [-0.1, -0.05) is 0 Å². The van der Waals surface area contributed by atoms with Crippen molar-refractivity contribution in [3.63, 3.8) is 0 Å². The van der Waals surface area contributed by atoms with Gasteiger partial charge in [0.05, 0.1) is 2.74 Å². The molecule has 1 heterocycles. The van der Waals surface area contributed by atoms with Crippen molar-refractivity contribution in [1.29, 1.82) is 0 Å². The topological polar surface area (TPSA) is 9.23 Å². The molecule has 1 heteroatoms. The SMILES string of the molecule is [2H]C1([2H])CCO1. The molecule has 0 aromatic rings. The summed E-state index contributed by atoms with van der Waals surface area (Å²) < 4.78 is 17.9. The first-order valence-electron chi connectivity index (χ1n) is 2.35. The Labute approximate surface area is 28.4 Å². The summed E-state index contributed by atoms with van der Waals surface area (Å²) in [6.45, 7) is -0.687. The maximum atomic E-state index is 6.71. The summed E-state index contributed by atoms with van der Waals surface area (Å²) in [7, 11) is 0. The summed E-state index contributed by atoms with van der Waals surface area (Å²) in [6.07, 6.45) is 0.562. The van der Waals surface area contributed by atoms with E-state index in [-0.39, 0.29) is 0 Å². The molecule has 1 saturated heterocycles. The number of hydrogen-bond acceptors (Lipinski definition) is 1. The van der Waals surface area contributed by atoms with Gasteiger partial charge >= 0.3 is 0 Å². The molecule has 0 atom stereocenters. The van der Waals surface area contributed by atoms with Crippen LogP contribution < -0.4 is 0 Å². The van der Waals surface area contributed by atoms with Gasteiger partial charge in [0.15, 0.2) is 0 Å². The Hall–Kier alpha value is -0.0400. The predicted molar refractivity (Wildman–Crippen MR) is 15.4 cm³/mol. The molecule has 4 heavy (non-hydrogen) atoms. The fraction of sp³-hybridized carbons (Fsp3) is 1.00. The Morgan fingerprint density at radius 1 is 2.00 bits per heavy atom. The van der Waals surface area contributed by atoms with E-state index in [0.717, 1.165) is 0 Å². The molecule has 0 amide bonds. The van der Waals surface area contributed by atoms with E-state index in [0.29, 0.717) is 13.0 Å². The Balaban J connectivity index is 2.31. The second kappa shape index (κ2) is 0.725. The summed E-state index contributed by atoms with van der Waals surface area (Å²) in [4.78, 5) is 0. The highest BCUT2D eigenvalue weighted by Crippen LogP contribution is 1.92. The summed E-state index contributed by atoms with van der Waals surface area (Å²) in [5, 5.41) is 0. The van der Waals surface area contributed by atoms with Crippen LogP contribution in [0.25, 0.3) is 0 Å². The van der Waals surface area contributed by atoms with E-state index in [2.05, 4.69) is 4.74 Å². The lowest BCUT2D eigenvalue weighted by atomic mass is 10.4. The molecule has 1 aliphatic rings. The van der Waals surface area contributed by atoms with Crippen molar-refractivity contribution in [3.05, 3.63) is 0 Å². The maximum Gasteiger partial charge on any atom is 0.0567 e. The predicted octanol–water partition coefficient (Wildman–Crippen LogP) is 0.407. The van der Waals surface area contributed by atoms with Crippen molar-refractivity contribution in [2.45, 2.75) is 6.42 Å². The molecular formula is C3H6O. The summed E-state index contributed by atoms with van der Waals surface area (Å²) in [5.74, 6) is 0. The molecule has 1 rings (SSSR count). The van der Waals surface area contributed by atoms with Crippen molar-refractivity contribution < 1.29 is 7.48 Å². The van der Waals surface area contributed by atoms with Crippen LogP contribution in [0, 0.1) is 0 Å². The number of hydrogen-bond donors (Lipinski definition) is 0.